The van der Waals surface area contributed by atoms with E-state index in [4.69, 9.17) is 14.5 Å². The van der Waals surface area contributed by atoms with E-state index in [1.54, 1.807) is 11.8 Å². The van der Waals surface area contributed by atoms with Crippen molar-refractivity contribution in [2.24, 2.45) is 0 Å². The van der Waals surface area contributed by atoms with Crippen LogP contribution in [0.15, 0.2) is 0 Å². The summed E-state index contributed by atoms with van der Waals surface area (Å²) in [7, 11) is -4.61. The first-order valence-electron chi connectivity index (χ1n) is 16.4. The smallest absolute Gasteiger partial charge is 0.468 e. The van der Waals surface area contributed by atoms with Crippen molar-refractivity contribution in [1.82, 2.24) is 0 Å². The fourth-order valence-electron chi connectivity index (χ4n) is 4.72. The first-order chi connectivity index (χ1) is 19.9. The van der Waals surface area contributed by atoms with Crippen LogP contribution in [0.3, 0.4) is 0 Å². The van der Waals surface area contributed by atoms with Gasteiger partial charge < -0.3 is 19.3 Å². The predicted octanol–water partition coefficient (Wildman–Crippen LogP) is 8.91. The van der Waals surface area contributed by atoms with E-state index in [2.05, 4.69) is 16.2 Å². The summed E-state index contributed by atoms with van der Waals surface area (Å²) in [5.41, 5.74) is 0. The molecule has 0 aromatic carbocycles. The van der Waals surface area contributed by atoms with Crippen LogP contribution < -0.4 is 0 Å². The van der Waals surface area contributed by atoms with Crippen LogP contribution in [0, 0.1) is 0 Å². The third-order valence-corrected chi connectivity index (χ3v) is 8.80. The molecule has 0 saturated heterocycles. The van der Waals surface area contributed by atoms with Crippen LogP contribution in [0.25, 0.3) is 0 Å². The van der Waals surface area contributed by atoms with Gasteiger partial charge in [0.1, 0.15) is 6.10 Å². The molecule has 2 N–H and O–H groups in total. The van der Waals surface area contributed by atoms with E-state index in [0.29, 0.717) is 25.3 Å². The average Bonchev–Trinajstić information content (AvgIpc) is 2.93. The number of carbonyl (C=O) groups excluding carboxylic acids is 2. The number of thioether (sulfide) groups is 1. The van der Waals surface area contributed by atoms with Gasteiger partial charge in [0, 0.05) is 12.2 Å². The van der Waals surface area contributed by atoms with Gasteiger partial charge in [0.2, 0.25) is 0 Å². The number of esters is 1. The van der Waals surface area contributed by atoms with Crippen molar-refractivity contribution in [3.8, 4) is 0 Å². The Kier molecular flexibility index (Phi) is 30.4. The van der Waals surface area contributed by atoms with Gasteiger partial charge in [-0.2, -0.15) is 11.8 Å². The minimum atomic E-state index is -4.61. The molecule has 0 aromatic heterocycles. The topological polar surface area (TPSA) is 119 Å². The molecule has 0 fully saturated rings. The largest absolute Gasteiger partial charge is 0.469 e. The maximum Gasteiger partial charge on any atom is 0.469 e. The zero-order chi connectivity index (χ0) is 30.3. The summed E-state index contributed by atoms with van der Waals surface area (Å²) in [6.45, 7) is 2.99. The average molecular weight is 625 g/mol. The van der Waals surface area contributed by atoms with Crippen molar-refractivity contribution in [2.45, 2.75) is 161 Å². The van der Waals surface area contributed by atoms with Crippen LogP contribution in [0.2, 0.25) is 0 Å². The Morgan fingerprint density at radius 2 is 1.20 bits per heavy atom. The van der Waals surface area contributed by atoms with Gasteiger partial charge >= 0.3 is 13.8 Å². The highest BCUT2D eigenvalue weighted by atomic mass is 32.2. The molecule has 0 aromatic rings. The van der Waals surface area contributed by atoms with Crippen LogP contribution in [0.4, 0.5) is 0 Å². The Morgan fingerprint density at radius 3 is 1.68 bits per heavy atom. The van der Waals surface area contributed by atoms with Crippen molar-refractivity contribution in [1.29, 1.82) is 0 Å². The lowest BCUT2D eigenvalue weighted by Gasteiger charge is -2.18. The number of hydrogen-bond donors (Lipinski definition) is 2. The maximum atomic E-state index is 12.3. The van der Waals surface area contributed by atoms with E-state index >= 15 is 0 Å². The van der Waals surface area contributed by atoms with Gasteiger partial charge in [-0.25, -0.2) is 4.57 Å². The number of ether oxygens (including phenoxy) is 2. The fourth-order valence-corrected chi connectivity index (χ4v) is 6.08. The van der Waals surface area contributed by atoms with Crippen molar-refractivity contribution < 1.29 is 37.9 Å². The normalized spacial score (nSPS) is 12.4. The number of carbonyl (C=O) groups is 2. The van der Waals surface area contributed by atoms with Crippen molar-refractivity contribution >= 4 is 32.0 Å². The maximum absolute atomic E-state index is 12.3. The third kappa shape index (κ3) is 33.8. The molecule has 0 heterocycles. The van der Waals surface area contributed by atoms with Gasteiger partial charge in [0.15, 0.2) is 0 Å². The second-order valence-corrected chi connectivity index (χ2v) is 13.5. The monoisotopic (exact) mass is 624 g/mol. The Balaban J connectivity index is 3.83. The summed E-state index contributed by atoms with van der Waals surface area (Å²) in [6.07, 6.45) is 26.0. The summed E-state index contributed by atoms with van der Waals surface area (Å²) < 4.78 is 26.0. The number of phosphoric acid groups is 1. The van der Waals surface area contributed by atoms with Crippen molar-refractivity contribution in [2.75, 3.05) is 24.7 Å². The number of phosphoric ester groups is 1. The lowest BCUT2D eigenvalue weighted by atomic mass is 10.0. The van der Waals surface area contributed by atoms with Gasteiger partial charge in [0.05, 0.1) is 13.2 Å². The van der Waals surface area contributed by atoms with Crippen LogP contribution in [-0.2, 0) is 28.2 Å². The predicted molar refractivity (Wildman–Crippen MR) is 169 cm³/mol. The van der Waals surface area contributed by atoms with Crippen LogP contribution in [0.1, 0.15) is 155 Å². The second-order valence-electron chi connectivity index (χ2n) is 11.1. The molecule has 10 heteroatoms. The van der Waals surface area contributed by atoms with Gasteiger partial charge in [-0.05, 0) is 25.0 Å². The van der Waals surface area contributed by atoms with Crippen LogP contribution in [-0.4, -0.2) is 53.1 Å². The highest BCUT2D eigenvalue weighted by molar-refractivity contribution is 7.99. The lowest BCUT2D eigenvalue weighted by Crippen LogP contribution is -2.25. The van der Waals surface area contributed by atoms with Crippen molar-refractivity contribution in [3.63, 3.8) is 0 Å². The molecular weight excluding hydrogens is 563 g/mol. The first kappa shape index (κ1) is 40.4. The highest BCUT2D eigenvalue weighted by Crippen LogP contribution is 2.36. The quantitative estimate of drug-likeness (QED) is 0.0319. The molecule has 0 aliphatic heterocycles. The summed E-state index contributed by atoms with van der Waals surface area (Å²) in [5.74, 6) is 1.08. The minimum Gasteiger partial charge on any atom is -0.468 e. The highest BCUT2D eigenvalue weighted by Gasteiger charge is 2.21. The summed E-state index contributed by atoms with van der Waals surface area (Å²) in [5, 5.41) is 0. The van der Waals surface area contributed by atoms with Gasteiger partial charge in [0.25, 0.3) is 6.47 Å². The molecule has 0 amide bonds. The standard InChI is InChI=1S/C31H61O8PS/c1-2-3-4-5-6-7-8-9-12-15-18-21-24-31(33)39-30(27-38-40(34,35)36)28-41-26-23-20-17-14-11-10-13-16-19-22-25-37-29-32/h29-30H,2-28H2,1H3,(H2,34,35,36)/t30-/m1/s1. The van der Waals surface area contributed by atoms with E-state index in [1.165, 1.54) is 96.3 Å². The van der Waals surface area contributed by atoms with Gasteiger partial charge in [-0.15, -0.1) is 0 Å². The Bertz CT molecular complexity index is 631. The summed E-state index contributed by atoms with van der Waals surface area (Å²) in [6, 6.07) is 0. The molecule has 8 nitrogen and oxygen atoms in total. The molecule has 0 bridgehead atoms. The molecule has 0 aliphatic rings. The zero-order valence-corrected chi connectivity index (χ0v) is 27.7. The molecule has 0 rings (SSSR count). The number of hydrogen-bond acceptors (Lipinski definition) is 7. The van der Waals surface area contributed by atoms with Crippen LogP contribution >= 0.6 is 19.6 Å². The Labute approximate surface area is 255 Å². The van der Waals surface area contributed by atoms with Gasteiger partial charge in [-0.1, -0.05) is 129 Å². The van der Waals surface area contributed by atoms with Crippen molar-refractivity contribution in [3.05, 3.63) is 0 Å². The molecule has 41 heavy (non-hydrogen) atoms. The molecule has 1 atom stereocenters. The summed E-state index contributed by atoms with van der Waals surface area (Å²) >= 11 is 1.64. The molecule has 0 radical (unpaired) electrons. The number of unbranched alkanes of at least 4 members (excludes halogenated alkanes) is 20. The van der Waals surface area contributed by atoms with E-state index in [1.807, 2.05) is 0 Å². The third-order valence-electron chi connectivity index (χ3n) is 7.13. The molecule has 244 valence electrons. The van der Waals surface area contributed by atoms with E-state index < -0.39 is 13.9 Å². The summed E-state index contributed by atoms with van der Waals surface area (Å²) in [4.78, 5) is 40.5. The SMILES string of the molecule is CCCCCCCCCCCCCCC(=O)O[C@H](COP(=O)(O)O)CSCCCCCCCCCCCCOC=O. The minimum absolute atomic E-state index is 0.286. The first-order valence-corrected chi connectivity index (χ1v) is 19.1. The Morgan fingerprint density at radius 1 is 0.732 bits per heavy atom. The van der Waals surface area contributed by atoms with E-state index in [9.17, 15) is 14.2 Å². The fraction of sp³-hybridized carbons (Fsp3) is 0.935. The molecule has 0 unspecified atom stereocenters. The molecule has 0 spiro atoms. The van der Waals surface area contributed by atoms with E-state index in [-0.39, 0.29) is 12.6 Å². The second kappa shape index (κ2) is 30.8. The van der Waals surface area contributed by atoms with Gasteiger partial charge in [-0.3, -0.25) is 14.1 Å². The molecule has 0 saturated carbocycles. The zero-order valence-electron chi connectivity index (χ0n) is 25.9. The van der Waals surface area contributed by atoms with Crippen LogP contribution in [0.5, 0.6) is 0 Å². The number of rotatable bonds is 33. The molecular formula is C31H61O8PS. The lowest BCUT2D eigenvalue weighted by molar-refractivity contribution is -0.149. The van der Waals surface area contributed by atoms with E-state index in [0.717, 1.165) is 50.7 Å². The molecule has 0 aliphatic carbocycles. The Hall–Kier alpha value is -0.600.